The number of para-hydroxylation sites is 1. The number of aromatic nitrogens is 3. The van der Waals surface area contributed by atoms with Crippen molar-refractivity contribution in [1.82, 2.24) is 14.8 Å². The van der Waals surface area contributed by atoms with Crippen LogP contribution in [0, 0.1) is 12.7 Å². The Morgan fingerprint density at radius 3 is 2.65 bits per heavy atom. The topological polar surface area (TPSA) is 69.0 Å². The van der Waals surface area contributed by atoms with Crippen LogP contribution in [0.3, 0.4) is 0 Å². The van der Waals surface area contributed by atoms with Crippen LogP contribution in [-0.2, 0) is 4.79 Å². The van der Waals surface area contributed by atoms with Crippen LogP contribution >= 0.6 is 23.4 Å². The Labute approximate surface area is 190 Å². The van der Waals surface area contributed by atoms with Gasteiger partial charge in [0, 0.05) is 16.8 Å². The fraction of sp³-hybridized carbons (Fsp3) is 0.318. The van der Waals surface area contributed by atoms with Crippen LogP contribution in [0.5, 0.6) is 5.75 Å². The fourth-order valence-electron chi connectivity index (χ4n) is 2.93. The van der Waals surface area contributed by atoms with Crippen molar-refractivity contribution in [3.8, 4) is 5.75 Å². The van der Waals surface area contributed by atoms with Crippen LogP contribution in [0.4, 0.5) is 10.1 Å². The number of rotatable bonds is 8. The number of nitrogens with zero attached hydrogens (tertiary/aromatic N) is 3. The maximum absolute atomic E-state index is 13.9. The molecule has 0 saturated heterocycles. The second-order valence-electron chi connectivity index (χ2n) is 7.30. The van der Waals surface area contributed by atoms with E-state index in [9.17, 15) is 9.18 Å². The lowest BCUT2D eigenvalue weighted by Gasteiger charge is -2.19. The first kappa shape index (κ1) is 23.1. The lowest BCUT2D eigenvalue weighted by molar-refractivity contribution is -0.113. The zero-order valence-electron chi connectivity index (χ0n) is 17.7. The van der Waals surface area contributed by atoms with Crippen molar-refractivity contribution in [2.24, 2.45) is 0 Å². The summed E-state index contributed by atoms with van der Waals surface area (Å²) in [5.74, 6) is 0.247. The lowest BCUT2D eigenvalue weighted by Crippen LogP contribution is -2.16. The minimum absolute atomic E-state index is 0.0261. The molecule has 1 unspecified atom stereocenters. The number of ether oxygens (including phenoxy) is 1. The molecule has 9 heteroatoms. The molecule has 3 aromatic rings. The summed E-state index contributed by atoms with van der Waals surface area (Å²) >= 11 is 7.39. The Morgan fingerprint density at radius 1 is 1.23 bits per heavy atom. The number of halogens is 2. The van der Waals surface area contributed by atoms with Gasteiger partial charge in [-0.25, -0.2) is 4.39 Å². The summed E-state index contributed by atoms with van der Waals surface area (Å²) in [7, 11) is 0. The number of hydrogen-bond acceptors (Lipinski definition) is 5. The van der Waals surface area contributed by atoms with Gasteiger partial charge in [0.1, 0.15) is 0 Å². The lowest BCUT2D eigenvalue weighted by atomic mass is 10.2. The highest BCUT2D eigenvalue weighted by molar-refractivity contribution is 7.99. The normalized spacial score (nSPS) is 12.1. The van der Waals surface area contributed by atoms with Gasteiger partial charge in [0.05, 0.1) is 5.75 Å². The van der Waals surface area contributed by atoms with Gasteiger partial charge in [-0.3, -0.25) is 4.79 Å². The van der Waals surface area contributed by atoms with E-state index in [1.807, 2.05) is 31.4 Å². The minimum atomic E-state index is -0.523. The van der Waals surface area contributed by atoms with Gasteiger partial charge in [-0.05, 0) is 57.5 Å². The molecule has 0 aliphatic heterocycles. The van der Waals surface area contributed by atoms with Crippen molar-refractivity contribution in [2.45, 2.75) is 45.0 Å². The van der Waals surface area contributed by atoms with E-state index in [0.717, 1.165) is 5.56 Å². The van der Waals surface area contributed by atoms with E-state index in [2.05, 4.69) is 15.5 Å². The SMILES string of the molecule is Cc1ccc(NC(=O)CSc2nnc(C(C)Oc3ccccc3F)n2C(C)C)cc1Cl. The van der Waals surface area contributed by atoms with Gasteiger partial charge < -0.3 is 14.6 Å². The molecular weight excluding hydrogens is 439 g/mol. The molecule has 1 heterocycles. The van der Waals surface area contributed by atoms with Gasteiger partial charge in [0.15, 0.2) is 28.7 Å². The quantitative estimate of drug-likeness (QED) is 0.426. The van der Waals surface area contributed by atoms with Gasteiger partial charge in [-0.1, -0.05) is 41.6 Å². The Kier molecular flexibility index (Phi) is 7.56. The Bertz CT molecular complexity index is 1070. The molecule has 0 fully saturated rings. The molecule has 1 N–H and O–H groups in total. The van der Waals surface area contributed by atoms with Crippen LogP contribution < -0.4 is 10.1 Å². The summed E-state index contributed by atoms with van der Waals surface area (Å²) in [6, 6.07) is 11.6. The molecule has 0 bridgehead atoms. The van der Waals surface area contributed by atoms with Gasteiger partial charge in [0.25, 0.3) is 0 Å². The number of carbonyl (C=O) groups excluding carboxylic acids is 1. The summed E-state index contributed by atoms with van der Waals surface area (Å²) in [6.45, 7) is 7.66. The van der Waals surface area contributed by atoms with Crippen molar-refractivity contribution in [1.29, 1.82) is 0 Å². The van der Waals surface area contributed by atoms with E-state index < -0.39 is 11.9 Å². The predicted molar refractivity (Wildman–Crippen MR) is 121 cm³/mol. The van der Waals surface area contributed by atoms with Gasteiger partial charge in [0.2, 0.25) is 5.91 Å². The van der Waals surface area contributed by atoms with Gasteiger partial charge in [-0.15, -0.1) is 10.2 Å². The van der Waals surface area contributed by atoms with E-state index in [4.69, 9.17) is 16.3 Å². The molecule has 0 aliphatic carbocycles. The van der Waals surface area contributed by atoms with E-state index in [1.165, 1.54) is 17.8 Å². The first-order valence-electron chi connectivity index (χ1n) is 9.81. The number of anilines is 1. The third kappa shape index (κ3) is 5.77. The van der Waals surface area contributed by atoms with Crippen molar-refractivity contribution < 1.29 is 13.9 Å². The third-order valence-corrected chi connectivity index (χ3v) is 5.85. The molecule has 0 saturated carbocycles. The summed E-state index contributed by atoms with van der Waals surface area (Å²) in [6.07, 6.45) is -0.523. The second kappa shape index (κ2) is 10.2. The monoisotopic (exact) mass is 462 g/mol. The largest absolute Gasteiger partial charge is 0.480 e. The van der Waals surface area contributed by atoms with Crippen LogP contribution in [-0.4, -0.2) is 26.4 Å². The standard InChI is InChI=1S/C22H24ClFN4O2S/c1-13(2)28-21(15(4)30-19-8-6-5-7-18(19)24)26-27-22(28)31-12-20(29)25-16-10-9-14(3)17(23)11-16/h5-11,13,15H,12H2,1-4H3,(H,25,29). The van der Waals surface area contributed by atoms with Gasteiger partial charge >= 0.3 is 0 Å². The molecule has 31 heavy (non-hydrogen) atoms. The summed E-state index contributed by atoms with van der Waals surface area (Å²) in [5, 5.41) is 12.5. The van der Waals surface area contributed by atoms with Crippen molar-refractivity contribution >= 4 is 35.0 Å². The maximum Gasteiger partial charge on any atom is 0.234 e. The smallest absolute Gasteiger partial charge is 0.234 e. The molecule has 1 amide bonds. The molecule has 3 rings (SSSR count). The molecule has 0 radical (unpaired) electrons. The fourth-order valence-corrected chi connectivity index (χ4v) is 3.99. The Morgan fingerprint density at radius 2 is 1.97 bits per heavy atom. The molecule has 1 aromatic heterocycles. The number of aryl methyl sites for hydroxylation is 1. The maximum atomic E-state index is 13.9. The van der Waals surface area contributed by atoms with E-state index in [-0.39, 0.29) is 23.5 Å². The van der Waals surface area contributed by atoms with Gasteiger partial charge in [-0.2, -0.15) is 0 Å². The highest BCUT2D eigenvalue weighted by atomic mass is 35.5. The van der Waals surface area contributed by atoms with Crippen molar-refractivity contribution in [3.63, 3.8) is 0 Å². The van der Waals surface area contributed by atoms with Crippen molar-refractivity contribution in [3.05, 3.63) is 64.7 Å². The highest BCUT2D eigenvalue weighted by Gasteiger charge is 2.22. The molecule has 0 spiro atoms. The van der Waals surface area contributed by atoms with Crippen LogP contribution in [0.15, 0.2) is 47.6 Å². The minimum Gasteiger partial charge on any atom is -0.480 e. The Balaban J connectivity index is 1.69. The Hall–Kier alpha value is -2.58. The number of hydrogen-bond donors (Lipinski definition) is 1. The molecule has 2 aromatic carbocycles. The van der Waals surface area contributed by atoms with E-state index in [1.54, 1.807) is 37.3 Å². The van der Waals surface area contributed by atoms with Crippen molar-refractivity contribution in [2.75, 3.05) is 11.1 Å². The van der Waals surface area contributed by atoms with Crippen LogP contribution in [0.2, 0.25) is 5.02 Å². The number of nitrogens with one attached hydrogen (secondary N) is 1. The second-order valence-corrected chi connectivity index (χ2v) is 8.65. The first-order chi connectivity index (χ1) is 14.8. The molecule has 1 atom stereocenters. The number of benzene rings is 2. The number of carbonyl (C=O) groups is 1. The average molecular weight is 463 g/mol. The zero-order chi connectivity index (χ0) is 22.5. The zero-order valence-corrected chi connectivity index (χ0v) is 19.3. The summed E-state index contributed by atoms with van der Waals surface area (Å²) < 4.78 is 21.6. The number of thioether (sulfide) groups is 1. The molecule has 164 valence electrons. The summed E-state index contributed by atoms with van der Waals surface area (Å²) in [5.41, 5.74) is 1.58. The van der Waals surface area contributed by atoms with E-state index in [0.29, 0.717) is 21.7 Å². The molecular formula is C22H24ClFN4O2S. The highest BCUT2D eigenvalue weighted by Crippen LogP contribution is 2.29. The predicted octanol–water partition coefficient (Wildman–Crippen LogP) is 5.83. The summed E-state index contributed by atoms with van der Waals surface area (Å²) in [4.78, 5) is 12.4. The molecule has 6 nitrogen and oxygen atoms in total. The molecule has 0 aliphatic rings. The number of amides is 1. The van der Waals surface area contributed by atoms with Crippen LogP contribution in [0.1, 0.15) is 44.3 Å². The van der Waals surface area contributed by atoms with Crippen LogP contribution in [0.25, 0.3) is 0 Å². The average Bonchev–Trinajstić information content (AvgIpc) is 3.15. The first-order valence-corrected chi connectivity index (χ1v) is 11.2. The third-order valence-electron chi connectivity index (χ3n) is 4.50. The van der Waals surface area contributed by atoms with E-state index >= 15 is 0 Å².